The van der Waals surface area contributed by atoms with Gasteiger partial charge in [0.05, 0.1) is 17.6 Å². The maximum absolute atomic E-state index is 13.6. The van der Waals surface area contributed by atoms with E-state index in [0.29, 0.717) is 23.6 Å². The number of aliphatic hydroxyl groups excluding tert-OH is 1. The summed E-state index contributed by atoms with van der Waals surface area (Å²) < 4.78 is 1.85. The number of nitrogens with one attached hydrogen (secondary N) is 1. The summed E-state index contributed by atoms with van der Waals surface area (Å²) in [4.78, 5) is 32.3. The molecule has 3 aliphatic rings. The average Bonchev–Trinajstić information content (AvgIpc) is 3.06. The van der Waals surface area contributed by atoms with Gasteiger partial charge >= 0.3 is 5.97 Å². The van der Waals surface area contributed by atoms with Gasteiger partial charge in [-0.15, -0.1) is 0 Å². The monoisotopic (exact) mass is 468 g/mol. The molecule has 1 unspecified atom stereocenters. The Hall–Kier alpha value is -2.45. The normalized spacial score (nSPS) is 27.3. The zero-order valence-electron chi connectivity index (χ0n) is 19.7. The number of fused-ring (bicyclic) bond motifs is 3. The fourth-order valence-corrected chi connectivity index (χ4v) is 6.69. The molecule has 1 aromatic carbocycles. The minimum Gasteiger partial charge on any atom is -0.480 e. The highest BCUT2D eigenvalue weighted by Crippen LogP contribution is 2.44. The lowest BCUT2D eigenvalue weighted by Gasteiger charge is -2.45. The molecule has 8 nitrogen and oxygen atoms in total. The van der Waals surface area contributed by atoms with Gasteiger partial charge in [0.1, 0.15) is 6.04 Å². The van der Waals surface area contributed by atoms with Crippen LogP contribution in [0.3, 0.4) is 0 Å². The third-order valence-electron chi connectivity index (χ3n) is 8.21. The van der Waals surface area contributed by atoms with Crippen molar-refractivity contribution in [2.24, 2.45) is 0 Å². The predicted octanol–water partition coefficient (Wildman–Crippen LogP) is 3.53. The number of rotatable bonds is 6. The fourth-order valence-electron chi connectivity index (χ4n) is 6.69. The van der Waals surface area contributed by atoms with Crippen molar-refractivity contribution >= 4 is 22.8 Å². The van der Waals surface area contributed by atoms with Gasteiger partial charge in [0, 0.05) is 24.2 Å². The second-order valence-electron chi connectivity index (χ2n) is 10.3. The highest BCUT2D eigenvalue weighted by molar-refractivity contribution is 5.79. The minimum atomic E-state index is -1.27. The SMILES string of the molecule is O=C(O)C(CO)Nc1nc2ccccc2n([C@H]2C[C@H]3CC[C@@H](C2)N3C2CCCCCCC2)c1=O. The number of piperidine rings is 1. The van der Waals surface area contributed by atoms with Gasteiger partial charge in [0.25, 0.3) is 5.56 Å². The quantitative estimate of drug-likeness (QED) is 0.595. The van der Waals surface area contributed by atoms with Crippen molar-refractivity contribution in [3.8, 4) is 0 Å². The molecule has 0 amide bonds. The van der Waals surface area contributed by atoms with Crippen LogP contribution in [-0.2, 0) is 4.79 Å². The second kappa shape index (κ2) is 10.0. The summed E-state index contributed by atoms with van der Waals surface area (Å²) in [6.07, 6.45) is 13.5. The fraction of sp³-hybridized carbons (Fsp3) is 0.654. The lowest BCUT2D eigenvalue weighted by Crippen LogP contribution is -2.50. The Labute approximate surface area is 200 Å². The third-order valence-corrected chi connectivity index (χ3v) is 8.21. The Morgan fingerprint density at radius 1 is 0.971 bits per heavy atom. The molecule has 5 rings (SSSR count). The van der Waals surface area contributed by atoms with Crippen LogP contribution in [0.25, 0.3) is 11.0 Å². The second-order valence-corrected chi connectivity index (χ2v) is 10.3. The Balaban J connectivity index is 1.46. The van der Waals surface area contributed by atoms with E-state index in [1.807, 2.05) is 28.8 Å². The first-order chi connectivity index (χ1) is 16.6. The maximum atomic E-state index is 13.6. The molecule has 34 heavy (non-hydrogen) atoms. The summed E-state index contributed by atoms with van der Waals surface area (Å²) in [5.41, 5.74) is 1.14. The lowest BCUT2D eigenvalue weighted by atomic mass is 9.89. The summed E-state index contributed by atoms with van der Waals surface area (Å²) in [7, 11) is 0. The molecule has 1 aliphatic carbocycles. The van der Waals surface area contributed by atoms with Gasteiger partial charge in [-0.1, -0.05) is 44.2 Å². The first kappa shape index (κ1) is 23.3. The van der Waals surface area contributed by atoms with E-state index in [9.17, 15) is 19.8 Å². The Kier molecular flexibility index (Phi) is 6.88. The van der Waals surface area contributed by atoms with Crippen LogP contribution < -0.4 is 10.9 Å². The van der Waals surface area contributed by atoms with E-state index >= 15 is 0 Å². The number of para-hydroxylation sites is 2. The molecular weight excluding hydrogens is 432 g/mol. The Morgan fingerprint density at radius 2 is 1.62 bits per heavy atom. The molecule has 184 valence electrons. The highest BCUT2D eigenvalue weighted by atomic mass is 16.4. The van der Waals surface area contributed by atoms with Gasteiger partial charge < -0.3 is 20.1 Å². The molecule has 4 atom stereocenters. The van der Waals surface area contributed by atoms with E-state index in [2.05, 4.69) is 15.2 Å². The van der Waals surface area contributed by atoms with Crippen molar-refractivity contribution in [3.63, 3.8) is 0 Å². The van der Waals surface area contributed by atoms with E-state index in [1.165, 1.54) is 57.8 Å². The summed E-state index contributed by atoms with van der Waals surface area (Å²) >= 11 is 0. The van der Waals surface area contributed by atoms with Crippen LogP contribution >= 0.6 is 0 Å². The number of hydrogen-bond donors (Lipinski definition) is 3. The molecule has 2 aromatic rings. The predicted molar refractivity (Wildman–Crippen MR) is 131 cm³/mol. The van der Waals surface area contributed by atoms with Gasteiger partial charge in [-0.25, -0.2) is 9.78 Å². The van der Waals surface area contributed by atoms with Crippen LogP contribution in [0.4, 0.5) is 5.82 Å². The number of aliphatic hydroxyl groups is 1. The van der Waals surface area contributed by atoms with E-state index in [-0.39, 0.29) is 17.4 Å². The Bertz CT molecular complexity index is 1060. The van der Waals surface area contributed by atoms with Gasteiger partial charge in [-0.3, -0.25) is 9.69 Å². The number of nitrogens with zero attached hydrogens (tertiary/aromatic N) is 3. The minimum absolute atomic E-state index is 0.00468. The largest absolute Gasteiger partial charge is 0.480 e. The van der Waals surface area contributed by atoms with Crippen molar-refractivity contribution in [2.75, 3.05) is 11.9 Å². The first-order valence-electron chi connectivity index (χ1n) is 13.0. The number of benzene rings is 1. The number of carboxylic acid groups (broad SMARTS) is 1. The van der Waals surface area contributed by atoms with Crippen LogP contribution in [-0.4, -0.2) is 61.4 Å². The van der Waals surface area contributed by atoms with E-state index in [4.69, 9.17) is 0 Å². The molecule has 1 aromatic heterocycles. The molecule has 2 aliphatic heterocycles. The molecule has 0 radical (unpaired) electrons. The Morgan fingerprint density at radius 3 is 2.26 bits per heavy atom. The standard InChI is InChI=1S/C26H36N4O4/c31-16-22(26(33)34)28-24-25(32)30(23-11-7-6-10-21(23)27-24)20-14-18-12-13-19(15-20)29(18)17-8-4-2-1-3-5-9-17/h6-7,10-11,17-20,22,31H,1-5,8-9,12-16H2,(H,27,28)(H,33,34)/t18-,19+,20+,22?. The highest BCUT2D eigenvalue weighted by Gasteiger charge is 2.44. The maximum Gasteiger partial charge on any atom is 0.328 e. The summed E-state index contributed by atoms with van der Waals surface area (Å²) in [6.45, 7) is -0.618. The lowest BCUT2D eigenvalue weighted by molar-refractivity contribution is -0.138. The number of aliphatic carboxylic acids is 1. The van der Waals surface area contributed by atoms with Crippen molar-refractivity contribution < 1.29 is 15.0 Å². The smallest absolute Gasteiger partial charge is 0.328 e. The van der Waals surface area contributed by atoms with Crippen LogP contribution in [0.15, 0.2) is 29.1 Å². The molecule has 3 heterocycles. The molecule has 3 fully saturated rings. The summed E-state index contributed by atoms with van der Waals surface area (Å²) in [5.74, 6) is -1.22. The van der Waals surface area contributed by atoms with E-state index in [1.54, 1.807) is 0 Å². The first-order valence-corrected chi connectivity index (χ1v) is 13.0. The van der Waals surface area contributed by atoms with Crippen molar-refractivity contribution in [1.82, 2.24) is 14.5 Å². The van der Waals surface area contributed by atoms with Gasteiger partial charge in [-0.2, -0.15) is 0 Å². The van der Waals surface area contributed by atoms with Crippen LogP contribution in [0.5, 0.6) is 0 Å². The third kappa shape index (κ3) is 4.45. The van der Waals surface area contributed by atoms with Crippen molar-refractivity contribution in [2.45, 2.75) is 101 Å². The molecule has 2 saturated heterocycles. The number of carboxylic acids is 1. The summed E-state index contributed by atoms with van der Waals surface area (Å²) in [5, 5.41) is 21.5. The summed E-state index contributed by atoms with van der Waals surface area (Å²) in [6, 6.07) is 8.01. The molecule has 8 heteroatoms. The van der Waals surface area contributed by atoms with Crippen molar-refractivity contribution in [3.05, 3.63) is 34.6 Å². The van der Waals surface area contributed by atoms with E-state index < -0.39 is 18.6 Å². The molecular formula is C26H36N4O4. The van der Waals surface area contributed by atoms with E-state index in [0.717, 1.165) is 18.4 Å². The average molecular weight is 469 g/mol. The molecule has 3 N–H and O–H groups in total. The van der Waals surface area contributed by atoms with Crippen LogP contribution in [0.2, 0.25) is 0 Å². The zero-order chi connectivity index (χ0) is 23.7. The van der Waals surface area contributed by atoms with Crippen LogP contribution in [0.1, 0.15) is 76.7 Å². The van der Waals surface area contributed by atoms with Gasteiger partial charge in [0.15, 0.2) is 5.82 Å². The topological polar surface area (TPSA) is 108 Å². The van der Waals surface area contributed by atoms with Gasteiger partial charge in [0.2, 0.25) is 0 Å². The number of anilines is 1. The zero-order valence-corrected chi connectivity index (χ0v) is 19.7. The molecule has 0 spiro atoms. The number of hydrogen-bond acceptors (Lipinski definition) is 6. The van der Waals surface area contributed by atoms with Crippen molar-refractivity contribution in [1.29, 1.82) is 0 Å². The number of aromatic nitrogens is 2. The number of carbonyl (C=O) groups is 1. The van der Waals surface area contributed by atoms with Gasteiger partial charge in [-0.05, 0) is 50.7 Å². The van der Waals surface area contributed by atoms with Crippen LogP contribution in [0, 0.1) is 0 Å². The molecule has 2 bridgehead atoms. The molecule has 1 saturated carbocycles.